The molecule has 2 aromatic rings. The van der Waals surface area contributed by atoms with E-state index in [9.17, 15) is 18.3 Å². The topological polar surface area (TPSA) is 65.9 Å². The van der Waals surface area contributed by atoms with Crippen LogP contribution in [-0.4, -0.2) is 24.2 Å². The monoisotopic (exact) mass is 395 g/mol. The number of hydrogen-bond donors (Lipinski definition) is 3. The van der Waals surface area contributed by atoms with Gasteiger partial charge in [0.1, 0.15) is 0 Å². The zero-order valence-electron chi connectivity index (χ0n) is 15.8. The average Bonchev–Trinajstić information content (AvgIpc) is 2.66. The van der Waals surface area contributed by atoms with Gasteiger partial charge in [0, 0.05) is 13.1 Å². The van der Waals surface area contributed by atoms with Crippen LogP contribution in [0.15, 0.2) is 47.5 Å². The fourth-order valence-corrected chi connectivity index (χ4v) is 2.44. The van der Waals surface area contributed by atoms with Gasteiger partial charge in [0.15, 0.2) is 17.5 Å². The van der Waals surface area contributed by atoms with E-state index in [1.54, 1.807) is 18.2 Å². The minimum atomic E-state index is -4.34. The molecule has 0 radical (unpaired) electrons. The molecule has 2 aromatic carbocycles. The predicted molar refractivity (Wildman–Crippen MR) is 102 cm³/mol. The van der Waals surface area contributed by atoms with Crippen LogP contribution in [0.3, 0.4) is 0 Å². The number of benzene rings is 2. The van der Waals surface area contributed by atoms with Crippen molar-refractivity contribution in [2.24, 2.45) is 4.99 Å². The number of aromatic hydroxyl groups is 1. The number of guanidine groups is 1. The lowest BCUT2D eigenvalue weighted by Gasteiger charge is -2.13. The summed E-state index contributed by atoms with van der Waals surface area (Å²) in [6.45, 7) is 5.52. The van der Waals surface area contributed by atoms with Gasteiger partial charge in [0.05, 0.1) is 18.7 Å². The Labute approximate surface area is 162 Å². The lowest BCUT2D eigenvalue weighted by Crippen LogP contribution is -2.36. The Kier molecular flexibility index (Phi) is 7.54. The van der Waals surface area contributed by atoms with Gasteiger partial charge >= 0.3 is 6.18 Å². The molecule has 0 amide bonds. The van der Waals surface area contributed by atoms with Crippen molar-refractivity contribution in [1.29, 1.82) is 0 Å². The molecule has 0 bridgehead atoms. The van der Waals surface area contributed by atoms with Gasteiger partial charge in [0.25, 0.3) is 0 Å². The van der Waals surface area contributed by atoms with E-state index < -0.39 is 11.7 Å². The van der Waals surface area contributed by atoms with Crippen molar-refractivity contribution in [1.82, 2.24) is 10.6 Å². The van der Waals surface area contributed by atoms with Crippen LogP contribution in [-0.2, 0) is 19.3 Å². The summed E-state index contributed by atoms with van der Waals surface area (Å²) in [5, 5.41) is 15.9. The highest BCUT2D eigenvalue weighted by molar-refractivity contribution is 5.79. The molecule has 0 saturated carbocycles. The second-order valence-electron chi connectivity index (χ2n) is 5.98. The zero-order valence-corrected chi connectivity index (χ0v) is 15.8. The van der Waals surface area contributed by atoms with E-state index in [2.05, 4.69) is 15.6 Å². The number of ether oxygens (including phenoxy) is 1. The number of phenolic OH excluding ortho intramolecular Hbond substituents is 1. The number of nitrogens with one attached hydrogen (secondary N) is 2. The summed E-state index contributed by atoms with van der Waals surface area (Å²) in [4.78, 5) is 4.46. The van der Waals surface area contributed by atoms with Gasteiger partial charge in [-0.1, -0.05) is 18.2 Å². The molecule has 0 fully saturated rings. The molecule has 0 unspecified atom stereocenters. The van der Waals surface area contributed by atoms with Crippen molar-refractivity contribution >= 4 is 5.96 Å². The quantitative estimate of drug-likeness (QED) is 0.489. The number of rotatable bonds is 7. The average molecular weight is 395 g/mol. The summed E-state index contributed by atoms with van der Waals surface area (Å²) in [5.74, 6) is 1.01. The van der Waals surface area contributed by atoms with Gasteiger partial charge in [-0.2, -0.15) is 13.2 Å². The molecule has 2 rings (SSSR count). The van der Waals surface area contributed by atoms with E-state index in [0.29, 0.717) is 43.5 Å². The van der Waals surface area contributed by atoms with Gasteiger partial charge in [-0.05, 0) is 49.2 Å². The highest BCUT2D eigenvalue weighted by Crippen LogP contribution is 2.29. The maximum absolute atomic E-state index is 12.6. The highest BCUT2D eigenvalue weighted by Gasteiger charge is 2.29. The summed E-state index contributed by atoms with van der Waals surface area (Å²) < 4.78 is 43.2. The van der Waals surface area contributed by atoms with Gasteiger partial charge in [0.2, 0.25) is 0 Å². The Morgan fingerprint density at radius 2 is 1.71 bits per heavy atom. The number of hydrogen-bond acceptors (Lipinski definition) is 3. The first-order chi connectivity index (χ1) is 13.3. The number of phenols is 1. The Morgan fingerprint density at radius 3 is 2.32 bits per heavy atom. The molecule has 8 heteroatoms. The SMILES string of the molecule is CCNC(=NCc1ccc(O)c(OCC)c1)NCc1ccc(C(F)(F)F)cc1. The Hall–Kier alpha value is -2.90. The van der Waals surface area contributed by atoms with Crippen molar-refractivity contribution in [3.05, 3.63) is 59.2 Å². The molecule has 0 aliphatic rings. The Morgan fingerprint density at radius 1 is 1.04 bits per heavy atom. The van der Waals surface area contributed by atoms with E-state index in [0.717, 1.165) is 17.7 Å². The summed E-state index contributed by atoms with van der Waals surface area (Å²) >= 11 is 0. The molecular weight excluding hydrogens is 371 g/mol. The number of aliphatic imine (C=N–C) groups is 1. The summed E-state index contributed by atoms with van der Waals surface area (Å²) in [6.07, 6.45) is -4.34. The van der Waals surface area contributed by atoms with Gasteiger partial charge in [-0.15, -0.1) is 0 Å². The van der Waals surface area contributed by atoms with Crippen LogP contribution in [0.25, 0.3) is 0 Å². The molecule has 28 heavy (non-hydrogen) atoms. The number of nitrogens with zero attached hydrogens (tertiary/aromatic N) is 1. The van der Waals surface area contributed by atoms with Crippen molar-refractivity contribution in [3.63, 3.8) is 0 Å². The van der Waals surface area contributed by atoms with Crippen LogP contribution < -0.4 is 15.4 Å². The van der Waals surface area contributed by atoms with E-state index >= 15 is 0 Å². The molecule has 0 aromatic heterocycles. The molecule has 3 N–H and O–H groups in total. The molecule has 0 aliphatic heterocycles. The van der Waals surface area contributed by atoms with Crippen molar-refractivity contribution < 1.29 is 23.0 Å². The summed E-state index contributed by atoms with van der Waals surface area (Å²) in [7, 11) is 0. The third-order valence-corrected chi connectivity index (χ3v) is 3.83. The Balaban J connectivity index is 2.01. The van der Waals surface area contributed by atoms with Crippen LogP contribution in [0, 0.1) is 0 Å². The highest BCUT2D eigenvalue weighted by atomic mass is 19.4. The van der Waals surface area contributed by atoms with Crippen LogP contribution in [0.4, 0.5) is 13.2 Å². The second kappa shape index (κ2) is 9.87. The molecule has 0 atom stereocenters. The van der Waals surface area contributed by atoms with Crippen LogP contribution >= 0.6 is 0 Å². The number of halogens is 3. The van der Waals surface area contributed by atoms with Gasteiger partial charge < -0.3 is 20.5 Å². The van der Waals surface area contributed by atoms with Gasteiger partial charge in [-0.3, -0.25) is 0 Å². The fraction of sp³-hybridized carbons (Fsp3) is 0.350. The van der Waals surface area contributed by atoms with E-state index in [4.69, 9.17) is 4.74 Å². The normalized spacial score (nSPS) is 12.0. The maximum atomic E-state index is 12.6. The van der Waals surface area contributed by atoms with Gasteiger partial charge in [-0.25, -0.2) is 4.99 Å². The molecular formula is C20H24F3N3O2. The molecule has 0 saturated heterocycles. The van der Waals surface area contributed by atoms with E-state index in [1.165, 1.54) is 12.1 Å². The minimum Gasteiger partial charge on any atom is -0.504 e. The maximum Gasteiger partial charge on any atom is 0.416 e. The van der Waals surface area contributed by atoms with Crippen LogP contribution in [0.1, 0.15) is 30.5 Å². The molecule has 0 aliphatic carbocycles. The molecule has 152 valence electrons. The molecule has 5 nitrogen and oxygen atoms in total. The van der Waals surface area contributed by atoms with E-state index in [1.807, 2.05) is 13.8 Å². The fourth-order valence-electron chi connectivity index (χ4n) is 2.44. The van der Waals surface area contributed by atoms with Crippen LogP contribution in [0.5, 0.6) is 11.5 Å². The standard InChI is InChI=1S/C20H24F3N3O2/c1-3-24-19(25-12-14-5-8-16(9-6-14)20(21,22)23)26-13-15-7-10-17(27)18(11-15)28-4-2/h5-11,27H,3-4,12-13H2,1-2H3,(H2,24,25,26). The first-order valence-corrected chi connectivity index (χ1v) is 8.96. The second-order valence-corrected chi connectivity index (χ2v) is 5.98. The lowest BCUT2D eigenvalue weighted by atomic mass is 10.1. The zero-order chi connectivity index (χ0) is 20.6. The lowest BCUT2D eigenvalue weighted by molar-refractivity contribution is -0.137. The number of alkyl halides is 3. The smallest absolute Gasteiger partial charge is 0.416 e. The third kappa shape index (κ3) is 6.37. The molecule has 0 heterocycles. The third-order valence-electron chi connectivity index (χ3n) is 3.83. The summed E-state index contributed by atoms with van der Waals surface area (Å²) in [5.41, 5.74) is 0.893. The Bertz CT molecular complexity index is 790. The van der Waals surface area contributed by atoms with Crippen LogP contribution in [0.2, 0.25) is 0 Å². The predicted octanol–water partition coefficient (Wildman–Crippen LogP) is 4.07. The van der Waals surface area contributed by atoms with Crippen molar-refractivity contribution in [3.8, 4) is 11.5 Å². The van der Waals surface area contributed by atoms with Crippen molar-refractivity contribution in [2.75, 3.05) is 13.2 Å². The van der Waals surface area contributed by atoms with Crippen molar-refractivity contribution in [2.45, 2.75) is 33.1 Å². The first kappa shape index (κ1) is 21.4. The summed E-state index contributed by atoms with van der Waals surface area (Å²) in [6, 6.07) is 10.0. The van der Waals surface area contributed by atoms with E-state index in [-0.39, 0.29) is 5.75 Å². The first-order valence-electron chi connectivity index (χ1n) is 8.96. The molecule has 0 spiro atoms. The largest absolute Gasteiger partial charge is 0.504 e. The minimum absolute atomic E-state index is 0.0712.